The number of aromatic nitrogens is 1. The van der Waals surface area contributed by atoms with E-state index in [1.807, 2.05) is 30.3 Å². The molecule has 0 bridgehead atoms. The fraction of sp³-hybridized carbons (Fsp3) is 0.111. The summed E-state index contributed by atoms with van der Waals surface area (Å²) in [5.41, 5.74) is 3.15. The smallest absolute Gasteiger partial charge is 0.336 e. The quantitative estimate of drug-likeness (QED) is 0.795. The Kier molecular flexibility index (Phi) is 3.51. The normalized spacial score (nSPS) is 10.6. The number of ether oxygens (including phenoxy) is 1. The molecular weight excluding hydrogens is 278 g/mol. The van der Waals surface area contributed by atoms with Crippen LogP contribution in [-0.2, 0) is 0 Å². The SMILES string of the molecule is COc1ccc2nc(-c3ccccc3)c(C)c(C(=O)O)c2c1. The summed E-state index contributed by atoms with van der Waals surface area (Å²) in [5, 5.41) is 10.2. The van der Waals surface area contributed by atoms with E-state index in [0.29, 0.717) is 27.9 Å². The van der Waals surface area contributed by atoms with Gasteiger partial charge < -0.3 is 9.84 Å². The Morgan fingerprint density at radius 2 is 1.86 bits per heavy atom. The molecule has 3 rings (SSSR count). The first-order valence-electron chi connectivity index (χ1n) is 6.89. The summed E-state index contributed by atoms with van der Waals surface area (Å²) in [5.74, 6) is -0.348. The van der Waals surface area contributed by atoms with E-state index < -0.39 is 5.97 Å². The van der Waals surface area contributed by atoms with Crippen LogP contribution in [0.5, 0.6) is 5.75 Å². The second-order valence-corrected chi connectivity index (χ2v) is 5.01. The molecular formula is C18H15NO3. The minimum Gasteiger partial charge on any atom is -0.497 e. The minimum atomic E-state index is -0.963. The lowest BCUT2D eigenvalue weighted by Gasteiger charge is -2.12. The fourth-order valence-electron chi connectivity index (χ4n) is 2.62. The molecule has 110 valence electrons. The minimum absolute atomic E-state index is 0.266. The van der Waals surface area contributed by atoms with E-state index in [9.17, 15) is 9.90 Å². The lowest BCUT2D eigenvalue weighted by atomic mass is 9.97. The maximum Gasteiger partial charge on any atom is 0.336 e. The van der Waals surface area contributed by atoms with Gasteiger partial charge in [-0.2, -0.15) is 0 Å². The van der Waals surface area contributed by atoms with Crippen molar-refractivity contribution in [1.29, 1.82) is 0 Å². The van der Waals surface area contributed by atoms with Crippen LogP contribution in [0.25, 0.3) is 22.2 Å². The first-order valence-corrected chi connectivity index (χ1v) is 6.89. The summed E-state index contributed by atoms with van der Waals surface area (Å²) in [4.78, 5) is 16.4. The van der Waals surface area contributed by atoms with Crippen LogP contribution in [0.2, 0.25) is 0 Å². The van der Waals surface area contributed by atoms with Crippen LogP contribution in [0.4, 0.5) is 0 Å². The van der Waals surface area contributed by atoms with E-state index in [1.165, 1.54) is 0 Å². The van der Waals surface area contributed by atoms with Gasteiger partial charge in [0.1, 0.15) is 5.75 Å². The number of pyridine rings is 1. The summed E-state index contributed by atoms with van der Waals surface area (Å²) in [6.07, 6.45) is 0. The van der Waals surface area contributed by atoms with Gasteiger partial charge in [-0.3, -0.25) is 0 Å². The zero-order valence-corrected chi connectivity index (χ0v) is 12.3. The Morgan fingerprint density at radius 1 is 1.14 bits per heavy atom. The predicted molar refractivity (Wildman–Crippen MR) is 85.4 cm³/mol. The van der Waals surface area contributed by atoms with Crippen molar-refractivity contribution >= 4 is 16.9 Å². The highest BCUT2D eigenvalue weighted by Crippen LogP contribution is 2.31. The molecule has 0 amide bonds. The number of aromatic carboxylic acids is 1. The molecule has 0 fully saturated rings. The third kappa shape index (κ3) is 2.29. The van der Waals surface area contributed by atoms with E-state index >= 15 is 0 Å². The number of carbonyl (C=O) groups is 1. The van der Waals surface area contributed by atoms with Crippen molar-refractivity contribution in [2.24, 2.45) is 0 Å². The molecule has 0 aliphatic carbocycles. The number of hydrogen-bond acceptors (Lipinski definition) is 3. The maximum atomic E-state index is 11.8. The molecule has 3 aromatic rings. The highest BCUT2D eigenvalue weighted by molar-refractivity contribution is 6.06. The van der Waals surface area contributed by atoms with Gasteiger partial charge in [0.15, 0.2) is 0 Å². The van der Waals surface area contributed by atoms with Gasteiger partial charge in [0, 0.05) is 10.9 Å². The van der Waals surface area contributed by atoms with Gasteiger partial charge in [0.05, 0.1) is 23.9 Å². The maximum absolute atomic E-state index is 11.8. The third-order valence-corrected chi connectivity index (χ3v) is 3.70. The number of rotatable bonds is 3. The molecule has 0 saturated heterocycles. The molecule has 0 atom stereocenters. The van der Waals surface area contributed by atoms with Crippen LogP contribution in [0.1, 0.15) is 15.9 Å². The van der Waals surface area contributed by atoms with Gasteiger partial charge in [-0.05, 0) is 30.7 Å². The Balaban J connectivity index is 2.38. The average molecular weight is 293 g/mol. The van der Waals surface area contributed by atoms with Crippen molar-refractivity contribution in [3.05, 3.63) is 59.7 Å². The molecule has 1 aromatic heterocycles. The van der Waals surface area contributed by atoms with Gasteiger partial charge in [-0.15, -0.1) is 0 Å². The first kappa shape index (κ1) is 14.1. The summed E-state index contributed by atoms with van der Waals surface area (Å²) in [6, 6.07) is 14.9. The number of carboxylic acid groups (broad SMARTS) is 1. The van der Waals surface area contributed by atoms with E-state index in [4.69, 9.17) is 4.74 Å². The van der Waals surface area contributed by atoms with E-state index in [2.05, 4.69) is 4.98 Å². The molecule has 0 aliphatic rings. The monoisotopic (exact) mass is 293 g/mol. The Labute approximate surface area is 128 Å². The topological polar surface area (TPSA) is 59.4 Å². The highest BCUT2D eigenvalue weighted by Gasteiger charge is 2.18. The molecule has 1 heterocycles. The van der Waals surface area contributed by atoms with Crippen LogP contribution in [-0.4, -0.2) is 23.2 Å². The molecule has 0 spiro atoms. The molecule has 0 aliphatic heterocycles. The van der Waals surface area contributed by atoms with Crippen LogP contribution in [0.15, 0.2) is 48.5 Å². The molecule has 22 heavy (non-hydrogen) atoms. The van der Waals surface area contributed by atoms with Gasteiger partial charge in [0.2, 0.25) is 0 Å². The molecule has 2 aromatic carbocycles. The Morgan fingerprint density at radius 3 is 2.50 bits per heavy atom. The van der Waals surface area contributed by atoms with Crippen LogP contribution >= 0.6 is 0 Å². The van der Waals surface area contributed by atoms with E-state index in [1.54, 1.807) is 32.2 Å². The molecule has 0 radical (unpaired) electrons. The number of benzene rings is 2. The molecule has 1 N–H and O–H groups in total. The van der Waals surface area contributed by atoms with E-state index in [-0.39, 0.29) is 5.56 Å². The third-order valence-electron chi connectivity index (χ3n) is 3.70. The number of methoxy groups -OCH3 is 1. The van der Waals surface area contributed by atoms with Crippen molar-refractivity contribution in [3.63, 3.8) is 0 Å². The zero-order chi connectivity index (χ0) is 15.7. The standard InChI is InChI=1S/C18H15NO3/c1-11-16(18(20)21)14-10-13(22-2)8-9-15(14)19-17(11)12-6-4-3-5-7-12/h3-10H,1-2H3,(H,20,21). The Hall–Kier alpha value is -2.88. The molecule has 0 unspecified atom stereocenters. The second-order valence-electron chi connectivity index (χ2n) is 5.01. The summed E-state index contributed by atoms with van der Waals surface area (Å²) >= 11 is 0. The summed E-state index contributed by atoms with van der Waals surface area (Å²) < 4.78 is 5.19. The summed E-state index contributed by atoms with van der Waals surface area (Å²) in [6.45, 7) is 1.79. The van der Waals surface area contributed by atoms with Crippen LogP contribution < -0.4 is 4.74 Å². The zero-order valence-electron chi connectivity index (χ0n) is 12.3. The first-order chi connectivity index (χ1) is 10.6. The predicted octanol–water partition coefficient (Wildman–Crippen LogP) is 3.92. The van der Waals surface area contributed by atoms with Crippen molar-refractivity contribution < 1.29 is 14.6 Å². The van der Waals surface area contributed by atoms with Gasteiger partial charge in [0.25, 0.3) is 0 Å². The van der Waals surface area contributed by atoms with Crippen molar-refractivity contribution in [3.8, 4) is 17.0 Å². The van der Waals surface area contributed by atoms with Gasteiger partial charge in [-0.25, -0.2) is 9.78 Å². The Bertz CT molecular complexity index is 857. The number of hydrogen-bond donors (Lipinski definition) is 1. The van der Waals surface area contributed by atoms with Crippen LogP contribution in [0, 0.1) is 6.92 Å². The van der Waals surface area contributed by atoms with Gasteiger partial charge in [-0.1, -0.05) is 30.3 Å². The van der Waals surface area contributed by atoms with E-state index in [0.717, 1.165) is 5.56 Å². The van der Waals surface area contributed by atoms with Gasteiger partial charge >= 0.3 is 5.97 Å². The lowest BCUT2D eigenvalue weighted by molar-refractivity contribution is 0.0698. The lowest BCUT2D eigenvalue weighted by Crippen LogP contribution is -2.05. The van der Waals surface area contributed by atoms with Crippen molar-refractivity contribution in [2.75, 3.05) is 7.11 Å². The number of carboxylic acids is 1. The van der Waals surface area contributed by atoms with Crippen molar-refractivity contribution in [2.45, 2.75) is 6.92 Å². The van der Waals surface area contributed by atoms with Crippen molar-refractivity contribution in [1.82, 2.24) is 4.98 Å². The fourth-order valence-corrected chi connectivity index (χ4v) is 2.62. The summed E-state index contributed by atoms with van der Waals surface area (Å²) in [7, 11) is 1.56. The number of nitrogens with zero attached hydrogens (tertiary/aromatic N) is 1. The average Bonchev–Trinajstić information content (AvgIpc) is 2.54. The highest BCUT2D eigenvalue weighted by atomic mass is 16.5. The largest absolute Gasteiger partial charge is 0.497 e. The second kappa shape index (κ2) is 5.48. The molecule has 4 nitrogen and oxygen atoms in total. The molecule has 0 saturated carbocycles. The number of fused-ring (bicyclic) bond motifs is 1. The molecule has 4 heteroatoms. The van der Waals surface area contributed by atoms with Crippen LogP contribution in [0.3, 0.4) is 0 Å².